The molecule has 0 radical (unpaired) electrons. The number of morpholine rings is 1. The van der Waals surface area contributed by atoms with Crippen LogP contribution in [0.5, 0.6) is 5.75 Å². The van der Waals surface area contributed by atoms with Crippen molar-refractivity contribution in [2.24, 2.45) is 0 Å². The van der Waals surface area contributed by atoms with E-state index < -0.39 is 6.04 Å². The topological polar surface area (TPSA) is 71.1 Å². The molecule has 1 N–H and O–H groups in total. The van der Waals surface area contributed by atoms with E-state index in [0.29, 0.717) is 37.4 Å². The maximum absolute atomic E-state index is 12.9. The highest BCUT2D eigenvalue weighted by Crippen LogP contribution is 2.33. The van der Waals surface area contributed by atoms with Gasteiger partial charge in [-0.25, -0.2) is 0 Å². The Kier molecular flexibility index (Phi) is 6.10. The Hall–Kier alpha value is -2.90. The minimum absolute atomic E-state index is 0.0583. The lowest BCUT2D eigenvalue weighted by Crippen LogP contribution is -2.50. The molecular formula is C25H29N3O4. The zero-order valence-electron chi connectivity index (χ0n) is 18.2. The monoisotopic (exact) mass is 435 g/mol. The highest BCUT2D eigenvalue weighted by molar-refractivity contribution is 6.01. The first kappa shape index (κ1) is 21.0. The van der Waals surface area contributed by atoms with Crippen LogP contribution < -0.4 is 10.1 Å². The van der Waals surface area contributed by atoms with Gasteiger partial charge in [-0.05, 0) is 36.1 Å². The zero-order valence-corrected chi connectivity index (χ0v) is 18.2. The van der Waals surface area contributed by atoms with Crippen LogP contribution in [0.15, 0.2) is 42.5 Å². The normalized spacial score (nSPS) is 21.4. The molecule has 2 aromatic rings. The van der Waals surface area contributed by atoms with E-state index in [2.05, 4.69) is 34.5 Å². The number of nitrogens with zero attached hydrogens (tertiary/aromatic N) is 2. The molecule has 5 rings (SSSR count). The lowest BCUT2D eigenvalue weighted by Gasteiger charge is -2.30. The Balaban J connectivity index is 1.23. The fourth-order valence-corrected chi connectivity index (χ4v) is 4.69. The highest BCUT2D eigenvalue weighted by atomic mass is 16.5. The van der Waals surface area contributed by atoms with Gasteiger partial charge < -0.3 is 19.7 Å². The molecule has 0 aromatic heterocycles. The van der Waals surface area contributed by atoms with Crippen LogP contribution >= 0.6 is 0 Å². The predicted octanol–water partition coefficient (Wildman–Crippen LogP) is 2.33. The van der Waals surface area contributed by atoms with E-state index in [1.165, 1.54) is 5.56 Å². The minimum Gasteiger partial charge on any atom is -0.489 e. The Morgan fingerprint density at radius 3 is 2.59 bits per heavy atom. The van der Waals surface area contributed by atoms with Crippen LogP contribution in [0, 0.1) is 0 Å². The molecule has 0 unspecified atom stereocenters. The summed E-state index contributed by atoms with van der Waals surface area (Å²) in [6.07, 6.45) is 1.60. The van der Waals surface area contributed by atoms with Crippen LogP contribution in [0.25, 0.3) is 0 Å². The SMILES string of the molecule is O=C1NCCC[C@@H]1N1Cc2c(OCc3ccc(CN4CCOCC4)cc3)cccc2C1=O. The summed E-state index contributed by atoms with van der Waals surface area (Å²) in [5, 5.41) is 2.87. The quantitative estimate of drug-likeness (QED) is 0.754. The van der Waals surface area contributed by atoms with Gasteiger partial charge in [0.05, 0.1) is 19.8 Å². The maximum atomic E-state index is 12.9. The van der Waals surface area contributed by atoms with E-state index in [-0.39, 0.29) is 11.8 Å². The largest absolute Gasteiger partial charge is 0.489 e. The van der Waals surface area contributed by atoms with Crippen molar-refractivity contribution in [3.63, 3.8) is 0 Å². The Bertz CT molecular complexity index is 985. The number of rotatable bonds is 6. The molecule has 0 bridgehead atoms. The average molecular weight is 436 g/mol. The van der Waals surface area contributed by atoms with Gasteiger partial charge in [-0.15, -0.1) is 0 Å². The maximum Gasteiger partial charge on any atom is 0.255 e. The highest BCUT2D eigenvalue weighted by Gasteiger charge is 2.38. The molecule has 3 aliphatic rings. The van der Waals surface area contributed by atoms with E-state index in [0.717, 1.165) is 50.4 Å². The fourth-order valence-electron chi connectivity index (χ4n) is 4.69. The van der Waals surface area contributed by atoms with Gasteiger partial charge in [0.2, 0.25) is 5.91 Å². The van der Waals surface area contributed by atoms with Gasteiger partial charge in [0, 0.05) is 37.3 Å². The van der Waals surface area contributed by atoms with E-state index in [4.69, 9.17) is 9.47 Å². The van der Waals surface area contributed by atoms with E-state index >= 15 is 0 Å². The molecule has 2 fully saturated rings. The van der Waals surface area contributed by atoms with Crippen molar-refractivity contribution < 1.29 is 19.1 Å². The zero-order chi connectivity index (χ0) is 21.9. The van der Waals surface area contributed by atoms with E-state index in [9.17, 15) is 9.59 Å². The molecule has 0 spiro atoms. The summed E-state index contributed by atoms with van der Waals surface area (Å²) in [6.45, 7) is 6.03. The van der Waals surface area contributed by atoms with Gasteiger partial charge in [0.25, 0.3) is 5.91 Å². The molecule has 3 aliphatic heterocycles. The first-order chi connectivity index (χ1) is 15.7. The number of amides is 2. The summed E-state index contributed by atoms with van der Waals surface area (Å²) in [6, 6.07) is 13.7. The molecule has 0 aliphatic carbocycles. The molecule has 7 heteroatoms. The number of nitrogens with one attached hydrogen (secondary N) is 1. The van der Waals surface area contributed by atoms with Crippen LogP contribution in [0.4, 0.5) is 0 Å². The van der Waals surface area contributed by atoms with Gasteiger partial charge in [-0.2, -0.15) is 0 Å². The van der Waals surface area contributed by atoms with Crippen molar-refractivity contribution in [3.8, 4) is 5.75 Å². The Morgan fingerprint density at radius 1 is 1.03 bits per heavy atom. The van der Waals surface area contributed by atoms with Gasteiger partial charge >= 0.3 is 0 Å². The second-order valence-electron chi connectivity index (χ2n) is 8.66. The number of fused-ring (bicyclic) bond motifs is 1. The summed E-state index contributed by atoms with van der Waals surface area (Å²) in [7, 11) is 0. The average Bonchev–Trinajstić information content (AvgIpc) is 3.16. The third-order valence-electron chi connectivity index (χ3n) is 6.51. The van der Waals surface area contributed by atoms with Crippen molar-refractivity contribution in [2.45, 2.75) is 38.6 Å². The number of benzene rings is 2. The molecule has 32 heavy (non-hydrogen) atoms. The molecule has 2 amide bonds. The summed E-state index contributed by atoms with van der Waals surface area (Å²) >= 11 is 0. The van der Waals surface area contributed by atoms with E-state index in [1.54, 1.807) is 4.90 Å². The summed E-state index contributed by atoms with van der Waals surface area (Å²) < 4.78 is 11.5. The van der Waals surface area contributed by atoms with Crippen LogP contribution in [0.3, 0.4) is 0 Å². The number of ether oxygens (including phenoxy) is 2. The molecule has 2 aromatic carbocycles. The number of hydrogen-bond donors (Lipinski definition) is 1. The molecule has 1 atom stereocenters. The molecule has 3 heterocycles. The summed E-state index contributed by atoms with van der Waals surface area (Å²) in [5.74, 6) is 0.573. The van der Waals surface area contributed by atoms with Crippen molar-refractivity contribution in [3.05, 3.63) is 64.7 Å². The first-order valence-corrected chi connectivity index (χ1v) is 11.4. The van der Waals surface area contributed by atoms with Crippen LogP contribution in [0.1, 0.15) is 39.9 Å². The van der Waals surface area contributed by atoms with Crippen molar-refractivity contribution >= 4 is 11.8 Å². The standard InChI is InChI=1S/C25H29N3O4/c29-24-22(4-2-10-26-24)28-16-21-20(25(28)30)3-1-5-23(21)32-17-19-8-6-18(7-9-19)15-27-11-13-31-14-12-27/h1,3,5-9,22H,2,4,10-17H2,(H,26,29)/t22-/m0/s1. The van der Waals surface area contributed by atoms with Crippen LogP contribution in [0.2, 0.25) is 0 Å². The second-order valence-corrected chi connectivity index (χ2v) is 8.66. The third kappa shape index (κ3) is 4.36. The lowest BCUT2D eigenvalue weighted by molar-refractivity contribution is -0.127. The minimum atomic E-state index is -0.393. The van der Waals surface area contributed by atoms with Crippen molar-refractivity contribution in [1.29, 1.82) is 0 Å². The third-order valence-corrected chi connectivity index (χ3v) is 6.51. The summed E-state index contributed by atoms with van der Waals surface area (Å²) in [5.41, 5.74) is 3.88. The number of piperidine rings is 1. The predicted molar refractivity (Wildman–Crippen MR) is 119 cm³/mol. The smallest absolute Gasteiger partial charge is 0.255 e. The van der Waals surface area contributed by atoms with Gasteiger partial charge in [0.1, 0.15) is 18.4 Å². The Morgan fingerprint density at radius 2 is 1.81 bits per heavy atom. The van der Waals surface area contributed by atoms with Crippen LogP contribution in [-0.4, -0.2) is 60.5 Å². The van der Waals surface area contributed by atoms with Crippen LogP contribution in [-0.2, 0) is 29.2 Å². The lowest BCUT2D eigenvalue weighted by atomic mass is 10.1. The number of carbonyl (C=O) groups excluding carboxylic acids is 2. The van der Waals surface area contributed by atoms with E-state index in [1.807, 2.05) is 18.2 Å². The number of carbonyl (C=O) groups is 2. The summed E-state index contributed by atoms with van der Waals surface area (Å²) in [4.78, 5) is 29.3. The van der Waals surface area contributed by atoms with Crippen molar-refractivity contribution in [1.82, 2.24) is 15.1 Å². The first-order valence-electron chi connectivity index (χ1n) is 11.4. The molecule has 168 valence electrons. The second kappa shape index (κ2) is 9.30. The van der Waals surface area contributed by atoms with Crippen molar-refractivity contribution in [2.75, 3.05) is 32.8 Å². The molecule has 0 saturated carbocycles. The fraction of sp³-hybridized carbons (Fsp3) is 0.440. The molecule has 2 saturated heterocycles. The van der Waals surface area contributed by atoms with Gasteiger partial charge in [-0.3, -0.25) is 14.5 Å². The van der Waals surface area contributed by atoms with Gasteiger partial charge in [-0.1, -0.05) is 30.3 Å². The molecular weight excluding hydrogens is 406 g/mol. The molecule has 7 nitrogen and oxygen atoms in total. The van der Waals surface area contributed by atoms with Gasteiger partial charge in [0.15, 0.2) is 0 Å². The number of hydrogen-bond acceptors (Lipinski definition) is 5. The Labute approximate surface area is 188 Å².